The van der Waals surface area contributed by atoms with Crippen molar-refractivity contribution >= 4 is 5.97 Å². The minimum absolute atomic E-state index is 0.212. The third-order valence-electron chi connectivity index (χ3n) is 7.00. The number of hydrogen-bond donors (Lipinski definition) is 1. The maximum atomic E-state index is 11.0. The minimum atomic E-state index is -0.654. The number of unbranched alkanes of at least 4 members (excludes halogenated alkanes) is 12. The molecule has 1 N–H and O–H groups in total. The molecule has 0 aromatic rings. The second kappa shape index (κ2) is 22.0. The summed E-state index contributed by atoms with van der Waals surface area (Å²) in [7, 11) is 0. The Hall–Kier alpha value is -0.790. The summed E-state index contributed by atoms with van der Waals surface area (Å²) in [4.78, 5) is 11.0. The molecular weight excluding hydrogens is 392 g/mol. The first-order valence-corrected chi connectivity index (χ1v) is 14.2. The van der Waals surface area contributed by atoms with Gasteiger partial charge < -0.3 is 5.11 Å². The van der Waals surface area contributed by atoms with E-state index in [4.69, 9.17) is 5.11 Å². The lowest BCUT2D eigenvalue weighted by Crippen LogP contribution is -2.15. The van der Waals surface area contributed by atoms with Crippen LogP contribution in [-0.2, 0) is 4.79 Å². The molecule has 0 bridgehead atoms. The van der Waals surface area contributed by atoms with Gasteiger partial charge in [-0.15, -0.1) is 0 Å². The minimum Gasteiger partial charge on any atom is -0.481 e. The van der Waals surface area contributed by atoms with Gasteiger partial charge in [0.25, 0.3) is 0 Å². The van der Waals surface area contributed by atoms with E-state index in [1.54, 1.807) is 0 Å². The predicted molar refractivity (Wildman–Crippen MR) is 142 cm³/mol. The fourth-order valence-electron chi connectivity index (χ4n) is 5.13. The van der Waals surface area contributed by atoms with Gasteiger partial charge in [-0.2, -0.15) is 0 Å². The molecule has 0 saturated carbocycles. The van der Waals surface area contributed by atoms with E-state index in [-0.39, 0.29) is 5.92 Å². The molecule has 32 heavy (non-hydrogen) atoms. The number of hydrogen-bond acceptors (Lipinski definition) is 1. The molecule has 0 radical (unpaired) electrons. The van der Waals surface area contributed by atoms with Gasteiger partial charge >= 0.3 is 5.97 Å². The highest BCUT2D eigenvalue weighted by molar-refractivity contribution is 5.69. The smallest absolute Gasteiger partial charge is 0.306 e. The molecule has 190 valence electrons. The fourth-order valence-corrected chi connectivity index (χ4v) is 5.13. The third kappa shape index (κ3) is 21.1. The quantitative estimate of drug-likeness (QED) is 0.124. The molecule has 0 fully saturated rings. The maximum absolute atomic E-state index is 11.0. The molecule has 0 rings (SSSR count). The van der Waals surface area contributed by atoms with E-state index < -0.39 is 5.97 Å². The molecule has 0 aliphatic rings. The second-order valence-corrected chi connectivity index (χ2v) is 11.0. The van der Waals surface area contributed by atoms with Gasteiger partial charge in [-0.25, -0.2) is 0 Å². The zero-order chi connectivity index (χ0) is 24.0. The van der Waals surface area contributed by atoms with E-state index in [1.807, 2.05) is 6.92 Å². The van der Waals surface area contributed by atoms with Crippen LogP contribution in [0.3, 0.4) is 0 Å². The number of allylic oxidation sites excluding steroid dienone is 2. The Labute approximate surface area is 202 Å². The van der Waals surface area contributed by atoms with E-state index in [2.05, 4.69) is 39.8 Å². The van der Waals surface area contributed by atoms with Crippen molar-refractivity contribution in [3.8, 4) is 0 Å². The summed E-state index contributed by atoms with van der Waals surface area (Å²) in [5.74, 6) is 1.15. The highest BCUT2D eigenvalue weighted by Gasteiger charge is 2.18. The zero-order valence-electron chi connectivity index (χ0n) is 22.5. The van der Waals surface area contributed by atoms with Crippen LogP contribution in [0.2, 0.25) is 0 Å². The zero-order valence-corrected chi connectivity index (χ0v) is 22.5. The molecule has 0 heterocycles. The second-order valence-electron chi connectivity index (χ2n) is 11.0. The molecule has 2 nitrogen and oxygen atoms in total. The summed E-state index contributed by atoms with van der Waals surface area (Å²) in [6.45, 7) is 11.1. The number of rotatable bonds is 23. The average molecular weight is 451 g/mol. The van der Waals surface area contributed by atoms with Crippen LogP contribution in [0.5, 0.6) is 0 Å². The number of aliphatic carboxylic acids is 1. The van der Waals surface area contributed by atoms with Crippen molar-refractivity contribution < 1.29 is 9.90 Å². The van der Waals surface area contributed by atoms with Crippen molar-refractivity contribution in [2.45, 2.75) is 150 Å². The van der Waals surface area contributed by atoms with Gasteiger partial charge in [0.2, 0.25) is 0 Å². The monoisotopic (exact) mass is 450 g/mol. The lowest BCUT2D eigenvalue weighted by molar-refractivity contribution is -0.141. The SMILES string of the molecule is CCCCCC/C=C/CCCCCCCCCCC(C)CC(C)CC(C)CC(C)C(=O)O. The molecule has 0 aromatic carbocycles. The van der Waals surface area contributed by atoms with Gasteiger partial charge in [0.05, 0.1) is 5.92 Å². The summed E-state index contributed by atoms with van der Waals surface area (Å²) >= 11 is 0. The van der Waals surface area contributed by atoms with Crippen molar-refractivity contribution in [1.29, 1.82) is 0 Å². The molecule has 2 heteroatoms. The molecule has 0 aliphatic heterocycles. The molecular formula is C30H58O2. The first kappa shape index (κ1) is 31.2. The molecule has 0 aliphatic carbocycles. The average Bonchev–Trinajstić information content (AvgIpc) is 2.73. The highest BCUT2D eigenvalue weighted by atomic mass is 16.4. The predicted octanol–water partition coefficient (Wildman–Crippen LogP) is 10.2. The van der Waals surface area contributed by atoms with Crippen molar-refractivity contribution in [2.75, 3.05) is 0 Å². The lowest BCUT2D eigenvalue weighted by atomic mass is 9.84. The highest BCUT2D eigenvalue weighted by Crippen LogP contribution is 2.26. The summed E-state index contributed by atoms with van der Waals surface area (Å²) in [6.07, 6.45) is 28.7. The Morgan fingerprint density at radius 3 is 1.59 bits per heavy atom. The van der Waals surface area contributed by atoms with Crippen LogP contribution in [0.25, 0.3) is 0 Å². The Morgan fingerprint density at radius 2 is 1.06 bits per heavy atom. The first-order chi connectivity index (χ1) is 15.4. The summed E-state index contributed by atoms with van der Waals surface area (Å²) < 4.78 is 0. The van der Waals surface area contributed by atoms with E-state index in [9.17, 15) is 4.79 Å². The van der Waals surface area contributed by atoms with Crippen LogP contribution < -0.4 is 0 Å². The van der Waals surface area contributed by atoms with Crippen LogP contribution >= 0.6 is 0 Å². The summed E-state index contributed by atoms with van der Waals surface area (Å²) in [6, 6.07) is 0. The Morgan fingerprint density at radius 1 is 0.625 bits per heavy atom. The molecule has 4 atom stereocenters. The van der Waals surface area contributed by atoms with Gasteiger partial charge in [-0.1, -0.05) is 117 Å². The van der Waals surface area contributed by atoms with Crippen molar-refractivity contribution in [3.63, 3.8) is 0 Å². The lowest BCUT2D eigenvalue weighted by Gasteiger charge is -2.21. The first-order valence-electron chi connectivity index (χ1n) is 14.2. The Bertz CT molecular complexity index is 442. The van der Waals surface area contributed by atoms with E-state index in [0.717, 1.165) is 18.8 Å². The van der Waals surface area contributed by atoms with Crippen LogP contribution in [0.1, 0.15) is 150 Å². The molecule has 4 unspecified atom stereocenters. The number of carbonyl (C=O) groups is 1. The van der Waals surface area contributed by atoms with Crippen LogP contribution in [0.15, 0.2) is 12.2 Å². The fraction of sp³-hybridized carbons (Fsp3) is 0.900. The van der Waals surface area contributed by atoms with E-state index >= 15 is 0 Å². The van der Waals surface area contributed by atoms with Crippen molar-refractivity contribution in [3.05, 3.63) is 12.2 Å². The largest absolute Gasteiger partial charge is 0.481 e. The van der Waals surface area contributed by atoms with E-state index in [1.165, 1.54) is 103 Å². The number of carboxylic acids is 1. The van der Waals surface area contributed by atoms with Gasteiger partial charge in [-0.05, 0) is 62.7 Å². The molecule has 0 aromatic heterocycles. The molecule has 0 saturated heterocycles. The van der Waals surface area contributed by atoms with Crippen molar-refractivity contribution in [1.82, 2.24) is 0 Å². The van der Waals surface area contributed by atoms with E-state index in [0.29, 0.717) is 11.8 Å². The van der Waals surface area contributed by atoms with Gasteiger partial charge in [0.15, 0.2) is 0 Å². The standard InChI is InChI=1S/C30H58O2/c1-6-7-8-9-10-11-12-13-14-15-16-17-18-19-20-21-22-26(2)23-27(3)24-28(4)25-29(5)30(31)32/h11-12,26-29H,6-10,13-25H2,1-5H3,(H,31,32)/b12-11+. The van der Waals surface area contributed by atoms with Crippen molar-refractivity contribution in [2.24, 2.45) is 23.7 Å². The maximum Gasteiger partial charge on any atom is 0.306 e. The normalized spacial score (nSPS) is 15.7. The summed E-state index contributed by atoms with van der Waals surface area (Å²) in [5, 5.41) is 9.08. The van der Waals surface area contributed by atoms with Gasteiger partial charge in [0, 0.05) is 0 Å². The van der Waals surface area contributed by atoms with Gasteiger partial charge in [0.1, 0.15) is 0 Å². The Kier molecular flexibility index (Phi) is 21.5. The van der Waals surface area contributed by atoms with Crippen LogP contribution in [-0.4, -0.2) is 11.1 Å². The Balaban J connectivity index is 3.47. The number of carboxylic acid groups (broad SMARTS) is 1. The molecule has 0 spiro atoms. The third-order valence-corrected chi connectivity index (χ3v) is 7.00. The van der Waals surface area contributed by atoms with Gasteiger partial charge in [-0.3, -0.25) is 4.79 Å². The molecule has 0 amide bonds. The topological polar surface area (TPSA) is 37.3 Å². The van der Waals surface area contributed by atoms with Crippen LogP contribution in [0, 0.1) is 23.7 Å². The van der Waals surface area contributed by atoms with Crippen LogP contribution in [0.4, 0.5) is 0 Å². The summed E-state index contributed by atoms with van der Waals surface area (Å²) in [5.41, 5.74) is 0.